The van der Waals surface area contributed by atoms with Gasteiger partial charge in [-0.1, -0.05) is 54.1 Å². The second-order valence-electron chi connectivity index (χ2n) is 8.14. The number of para-hydroxylation sites is 2. The predicted octanol–water partition coefficient (Wildman–Crippen LogP) is 6.12. The third-order valence-electron chi connectivity index (χ3n) is 5.66. The maximum atomic E-state index is 11.5. The molecule has 0 radical (unpaired) electrons. The zero-order valence-corrected chi connectivity index (χ0v) is 20.5. The van der Waals surface area contributed by atoms with Crippen molar-refractivity contribution in [3.8, 4) is 16.9 Å². The smallest absolute Gasteiger partial charge is 0.294 e. The van der Waals surface area contributed by atoms with Gasteiger partial charge in [-0.3, -0.25) is 10.1 Å². The molecule has 0 spiro atoms. The molecule has 5 aromatic rings. The minimum Gasteiger partial charge on any atom is -0.306 e. The molecule has 2 aromatic heterocycles. The fourth-order valence-corrected chi connectivity index (χ4v) is 4.55. The minimum atomic E-state index is -0.423. The number of nitro groups is 1. The van der Waals surface area contributed by atoms with Crippen LogP contribution in [0.15, 0.2) is 107 Å². The van der Waals surface area contributed by atoms with Gasteiger partial charge >= 0.3 is 0 Å². The highest BCUT2D eigenvalue weighted by Crippen LogP contribution is 2.27. The Morgan fingerprint density at radius 2 is 1.78 bits per heavy atom. The molecule has 0 saturated carbocycles. The van der Waals surface area contributed by atoms with Gasteiger partial charge in [-0.15, -0.1) is 11.3 Å². The summed E-state index contributed by atoms with van der Waals surface area (Å²) in [6.45, 7) is 3.97. The second kappa shape index (κ2) is 9.93. The van der Waals surface area contributed by atoms with E-state index in [0.29, 0.717) is 4.80 Å². The summed E-state index contributed by atoms with van der Waals surface area (Å²) in [5.41, 5.74) is 5.95. The summed E-state index contributed by atoms with van der Waals surface area (Å²) < 4.78 is 3.69. The molecule has 0 atom stereocenters. The van der Waals surface area contributed by atoms with Gasteiger partial charge in [-0.25, -0.2) is 14.7 Å². The Balaban J connectivity index is 1.63. The van der Waals surface area contributed by atoms with Gasteiger partial charge in [0.2, 0.25) is 4.80 Å². The number of aromatic nitrogens is 3. The lowest BCUT2D eigenvalue weighted by atomic mass is 10.1. The molecule has 5 rings (SSSR count). The van der Waals surface area contributed by atoms with Crippen LogP contribution in [0.5, 0.6) is 0 Å². The van der Waals surface area contributed by atoms with Crippen LogP contribution in [0.4, 0.5) is 11.4 Å². The predicted molar refractivity (Wildman–Crippen MR) is 142 cm³/mol. The average Bonchev–Trinajstić information content (AvgIpc) is 3.56. The van der Waals surface area contributed by atoms with E-state index in [2.05, 4.69) is 9.98 Å². The van der Waals surface area contributed by atoms with E-state index in [1.54, 1.807) is 35.4 Å². The number of benzene rings is 3. The Bertz CT molecular complexity index is 1610. The van der Waals surface area contributed by atoms with Gasteiger partial charge in [0.25, 0.3) is 5.69 Å². The van der Waals surface area contributed by atoms with Crippen LogP contribution in [0.3, 0.4) is 0 Å². The lowest BCUT2D eigenvalue weighted by molar-refractivity contribution is -0.384. The Morgan fingerprint density at radius 1 is 1.03 bits per heavy atom. The lowest BCUT2D eigenvalue weighted by Gasteiger charge is -2.08. The Morgan fingerprint density at radius 3 is 2.47 bits per heavy atom. The van der Waals surface area contributed by atoms with Crippen molar-refractivity contribution < 1.29 is 4.92 Å². The molecule has 0 aliphatic heterocycles. The van der Waals surface area contributed by atoms with Crippen molar-refractivity contribution in [2.24, 2.45) is 10.1 Å². The van der Waals surface area contributed by atoms with Crippen molar-refractivity contribution in [1.29, 1.82) is 0 Å². The molecule has 9 heteroatoms. The second-order valence-corrected chi connectivity index (χ2v) is 8.98. The molecule has 0 bridgehead atoms. The molecule has 0 aliphatic rings. The zero-order valence-electron chi connectivity index (χ0n) is 19.6. The van der Waals surface area contributed by atoms with Crippen molar-refractivity contribution in [3.63, 3.8) is 0 Å². The van der Waals surface area contributed by atoms with Crippen LogP contribution in [0, 0.1) is 17.0 Å². The maximum Gasteiger partial charge on any atom is 0.294 e. The quantitative estimate of drug-likeness (QED) is 0.162. The first-order valence-corrected chi connectivity index (χ1v) is 12.1. The molecular weight excluding hydrogens is 472 g/mol. The summed E-state index contributed by atoms with van der Waals surface area (Å²) in [7, 11) is 0. The minimum absolute atomic E-state index is 0.0508. The largest absolute Gasteiger partial charge is 0.306 e. The summed E-state index contributed by atoms with van der Waals surface area (Å²) in [5.74, 6) is 0. The molecule has 2 heterocycles. The number of rotatable bonds is 6. The third-order valence-corrected chi connectivity index (χ3v) is 6.48. The summed E-state index contributed by atoms with van der Waals surface area (Å²) in [6, 6.07) is 22.6. The van der Waals surface area contributed by atoms with Crippen LogP contribution in [-0.4, -0.2) is 24.9 Å². The van der Waals surface area contributed by atoms with E-state index >= 15 is 0 Å². The summed E-state index contributed by atoms with van der Waals surface area (Å²) >= 11 is 1.38. The summed E-state index contributed by atoms with van der Waals surface area (Å²) in [5, 5.41) is 18.4. The fourth-order valence-electron chi connectivity index (χ4n) is 3.71. The number of hydrogen-bond acceptors (Lipinski definition) is 6. The molecule has 8 nitrogen and oxygen atoms in total. The molecule has 0 fully saturated rings. The highest BCUT2D eigenvalue weighted by Gasteiger charge is 2.14. The van der Waals surface area contributed by atoms with E-state index < -0.39 is 4.92 Å². The van der Waals surface area contributed by atoms with Crippen LogP contribution in [0.25, 0.3) is 16.9 Å². The number of imidazole rings is 1. The number of nitro benzene ring substituents is 1. The van der Waals surface area contributed by atoms with E-state index in [1.807, 2.05) is 78.5 Å². The molecule has 0 unspecified atom stereocenters. The molecule has 0 amide bonds. The fraction of sp³-hybridized carbons (Fsp3) is 0.0741. The number of hydrogen-bond donors (Lipinski definition) is 0. The molecule has 36 heavy (non-hydrogen) atoms. The first kappa shape index (κ1) is 23.1. The standard InChI is InChI=1S/C27H22N6O2S/c1-19-7-9-22(10-8-19)26-17-36-27(29-24-5-3-4-6-25(24)33(34)35)32(26)30-20(2)21-11-13-23(14-12-21)31-16-15-28-18-31/h3-18H,1-2H3. The van der Waals surface area contributed by atoms with Crippen molar-refractivity contribution in [1.82, 2.24) is 14.2 Å². The van der Waals surface area contributed by atoms with E-state index in [9.17, 15) is 10.1 Å². The highest BCUT2D eigenvalue weighted by molar-refractivity contribution is 7.07. The molecule has 3 aromatic carbocycles. The SMILES string of the molecule is CC(=Nn1c(-c2ccc(C)cc2)csc1=Nc1ccccc1[N+](=O)[O-])c1ccc(-n2ccnc2)cc1. The van der Waals surface area contributed by atoms with Crippen LogP contribution in [0.2, 0.25) is 0 Å². The van der Waals surface area contributed by atoms with Crippen molar-refractivity contribution in [2.45, 2.75) is 13.8 Å². The first-order chi connectivity index (χ1) is 17.5. The van der Waals surface area contributed by atoms with Gasteiger partial charge in [-0.05, 0) is 37.6 Å². The van der Waals surface area contributed by atoms with Crippen LogP contribution < -0.4 is 4.80 Å². The van der Waals surface area contributed by atoms with Gasteiger partial charge in [0, 0.05) is 35.1 Å². The van der Waals surface area contributed by atoms with E-state index in [4.69, 9.17) is 5.10 Å². The highest BCUT2D eigenvalue weighted by atomic mass is 32.1. The number of thiazole rings is 1. The Kier molecular flexibility index (Phi) is 6.38. The van der Waals surface area contributed by atoms with E-state index in [1.165, 1.54) is 17.4 Å². The van der Waals surface area contributed by atoms with Gasteiger partial charge in [0.1, 0.15) is 5.69 Å². The molecule has 0 aliphatic carbocycles. The number of aryl methyl sites for hydroxylation is 1. The lowest BCUT2D eigenvalue weighted by Crippen LogP contribution is -2.14. The maximum absolute atomic E-state index is 11.5. The van der Waals surface area contributed by atoms with E-state index in [-0.39, 0.29) is 11.4 Å². The Labute approximate surface area is 211 Å². The van der Waals surface area contributed by atoms with E-state index in [0.717, 1.165) is 33.8 Å². The molecule has 0 saturated heterocycles. The van der Waals surface area contributed by atoms with Crippen LogP contribution in [0.1, 0.15) is 18.1 Å². The summed E-state index contributed by atoms with van der Waals surface area (Å²) in [4.78, 5) is 20.4. The first-order valence-electron chi connectivity index (χ1n) is 11.2. The van der Waals surface area contributed by atoms with Gasteiger partial charge < -0.3 is 4.57 Å². The monoisotopic (exact) mass is 494 g/mol. The third kappa shape index (κ3) is 4.77. The molecular formula is C27H22N6O2S. The van der Waals surface area contributed by atoms with Crippen LogP contribution in [-0.2, 0) is 0 Å². The zero-order chi connectivity index (χ0) is 25.1. The topological polar surface area (TPSA) is 90.6 Å². The normalized spacial score (nSPS) is 12.2. The summed E-state index contributed by atoms with van der Waals surface area (Å²) in [6.07, 6.45) is 5.38. The van der Waals surface area contributed by atoms with Gasteiger partial charge in [-0.2, -0.15) is 5.10 Å². The van der Waals surface area contributed by atoms with Gasteiger partial charge in [0.05, 0.1) is 22.7 Å². The Hall–Kier alpha value is -4.63. The van der Waals surface area contributed by atoms with Crippen LogP contribution >= 0.6 is 11.3 Å². The van der Waals surface area contributed by atoms with Crippen molar-refractivity contribution >= 4 is 28.4 Å². The average molecular weight is 495 g/mol. The van der Waals surface area contributed by atoms with Crippen molar-refractivity contribution in [2.75, 3.05) is 0 Å². The molecule has 0 N–H and O–H groups in total. The number of nitrogens with zero attached hydrogens (tertiary/aromatic N) is 6. The molecule has 178 valence electrons. The van der Waals surface area contributed by atoms with Crippen molar-refractivity contribution in [3.05, 3.63) is 123 Å². The van der Waals surface area contributed by atoms with Gasteiger partial charge in [0.15, 0.2) is 0 Å².